The van der Waals surface area contributed by atoms with Crippen LogP contribution >= 0.6 is 0 Å². The number of carboxylic acid groups (broad SMARTS) is 1. The van der Waals surface area contributed by atoms with E-state index in [2.05, 4.69) is 10.3 Å². The lowest BCUT2D eigenvalue weighted by molar-refractivity contribution is -0.388. The molecule has 0 atom stereocenters. The maximum absolute atomic E-state index is 11.1. The van der Waals surface area contributed by atoms with Gasteiger partial charge in [0.15, 0.2) is 0 Å². The molecule has 0 saturated heterocycles. The van der Waals surface area contributed by atoms with Crippen molar-refractivity contribution in [2.75, 3.05) is 5.32 Å². The lowest BCUT2D eigenvalue weighted by Crippen LogP contribution is -2.04. The van der Waals surface area contributed by atoms with E-state index in [0.29, 0.717) is 11.3 Å². The topological polar surface area (TPSA) is 110 Å². The molecule has 8 nitrogen and oxygen atoms in total. The van der Waals surface area contributed by atoms with Gasteiger partial charge in [0.2, 0.25) is 12.1 Å². The third-order valence-corrected chi connectivity index (χ3v) is 2.82. The minimum Gasteiger partial charge on any atom is -0.478 e. The Labute approximate surface area is 113 Å². The molecule has 20 heavy (non-hydrogen) atoms. The Kier molecular flexibility index (Phi) is 3.38. The summed E-state index contributed by atoms with van der Waals surface area (Å²) in [4.78, 5) is 25.0. The van der Waals surface area contributed by atoms with Crippen molar-refractivity contribution < 1.29 is 14.8 Å². The van der Waals surface area contributed by atoms with Crippen LogP contribution in [0.5, 0.6) is 0 Å². The summed E-state index contributed by atoms with van der Waals surface area (Å²) in [6.45, 7) is 1.68. The summed E-state index contributed by atoms with van der Waals surface area (Å²) in [5.41, 5.74) is 1.20. The van der Waals surface area contributed by atoms with E-state index in [1.807, 2.05) is 0 Å². The summed E-state index contributed by atoms with van der Waals surface area (Å²) < 4.78 is 1.46. The number of nitro groups is 1. The molecule has 1 aromatic carbocycles. The van der Waals surface area contributed by atoms with Crippen LogP contribution in [0.4, 0.5) is 17.3 Å². The van der Waals surface area contributed by atoms with Gasteiger partial charge in [0, 0.05) is 12.7 Å². The van der Waals surface area contributed by atoms with Gasteiger partial charge in [-0.1, -0.05) is 6.07 Å². The van der Waals surface area contributed by atoms with Crippen LogP contribution in [0.25, 0.3) is 0 Å². The van der Waals surface area contributed by atoms with Gasteiger partial charge in [-0.15, -0.1) is 0 Å². The number of anilines is 2. The highest BCUT2D eigenvalue weighted by atomic mass is 16.6. The average molecular weight is 276 g/mol. The highest BCUT2D eigenvalue weighted by Crippen LogP contribution is 2.26. The summed E-state index contributed by atoms with van der Waals surface area (Å²) in [7, 11) is 1.61. The first-order chi connectivity index (χ1) is 9.40. The number of aromatic carboxylic acids is 1. The van der Waals surface area contributed by atoms with Crippen molar-refractivity contribution in [2.24, 2.45) is 7.05 Å². The molecule has 0 spiro atoms. The summed E-state index contributed by atoms with van der Waals surface area (Å²) in [6, 6.07) is 4.71. The molecule has 8 heteroatoms. The number of imidazole rings is 1. The van der Waals surface area contributed by atoms with Crippen LogP contribution in [0.1, 0.15) is 15.9 Å². The number of nitrogens with one attached hydrogen (secondary N) is 1. The van der Waals surface area contributed by atoms with Crippen molar-refractivity contribution >= 4 is 23.3 Å². The molecular formula is C12H12N4O4. The Morgan fingerprint density at radius 1 is 1.50 bits per heavy atom. The van der Waals surface area contributed by atoms with Gasteiger partial charge < -0.3 is 20.5 Å². The van der Waals surface area contributed by atoms with Gasteiger partial charge in [-0.3, -0.25) is 4.57 Å². The number of carbonyl (C=O) groups is 1. The molecule has 0 amide bonds. The fourth-order valence-electron chi connectivity index (χ4n) is 1.76. The van der Waals surface area contributed by atoms with Crippen LogP contribution in [0.2, 0.25) is 0 Å². The Hall–Kier alpha value is -2.90. The van der Waals surface area contributed by atoms with Gasteiger partial charge in [-0.25, -0.2) is 4.79 Å². The van der Waals surface area contributed by atoms with Crippen LogP contribution < -0.4 is 5.32 Å². The highest BCUT2D eigenvalue weighted by molar-refractivity contribution is 5.90. The molecule has 0 radical (unpaired) electrons. The number of hydrogen-bond acceptors (Lipinski definition) is 5. The number of nitrogens with zero attached hydrogens (tertiary/aromatic N) is 3. The molecule has 0 aliphatic rings. The number of carboxylic acids is 1. The SMILES string of the molecule is Cc1ccc(Nc2c([N+](=O)[O-])ncn2C)cc1C(=O)O. The Balaban J connectivity index is 2.40. The molecule has 0 bridgehead atoms. The van der Waals surface area contributed by atoms with Crippen molar-refractivity contribution in [1.82, 2.24) is 9.55 Å². The molecular weight excluding hydrogens is 264 g/mol. The minimum absolute atomic E-state index is 0.139. The zero-order valence-corrected chi connectivity index (χ0v) is 10.8. The first kappa shape index (κ1) is 13.5. The van der Waals surface area contributed by atoms with Crippen molar-refractivity contribution in [2.45, 2.75) is 6.92 Å². The van der Waals surface area contributed by atoms with Gasteiger partial charge in [-0.05, 0) is 34.5 Å². The fourth-order valence-corrected chi connectivity index (χ4v) is 1.76. The standard InChI is InChI=1S/C12H12N4O4/c1-7-3-4-8(5-9(7)12(17)18)14-11-10(16(19)20)13-6-15(11)2/h3-6,14H,1-2H3,(H,17,18). The van der Waals surface area contributed by atoms with Crippen LogP contribution in [-0.4, -0.2) is 25.6 Å². The Morgan fingerprint density at radius 3 is 2.80 bits per heavy atom. The van der Waals surface area contributed by atoms with E-state index in [9.17, 15) is 14.9 Å². The molecule has 104 valence electrons. The quantitative estimate of drug-likeness (QED) is 0.653. The van der Waals surface area contributed by atoms with Crippen LogP contribution in [0.3, 0.4) is 0 Å². The smallest absolute Gasteiger partial charge is 0.406 e. The normalized spacial score (nSPS) is 10.3. The van der Waals surface area contributed by atoms with Gasteiger partial charge in [-0.2, -0.15) is 0 Å². The second-order valence-electron chi connectivity index (χ2n) is 4.24. The lowest BCUT2D eigenvalue weighted by Gasteiger charge is -2.08. The summed E-state index contributed by atoms with van der Waals surface area (Å²) in [5.74, 6) is -1.18. The first-order valence-corrected chi connectivity index (χ1v) is 5.67. The molecule has 0 aliphatic heterocycles. The van der Waals surface area contributed by atoms with E-state index in [0.717, 1.165) is 0 Å². The summed E-state index contributed by atoms with van der Waals surface area (Å²) in [5, 5.41) is 22.7. The zero-order chi connectivity index (χ0) is 14.9. The number of aryl methyl sites for hydroxylation is 2. The Bertz CT molecular complexity index is 693. The number of rotatable bonds is 4. The predicted molar refractivity (Wildman–Crippen MR) is 71.3 cm³/mol. The van der Waals surface area contributed by atoms with E-state index in [1.54, 1.807) is 26.1 Å². The maximum atomic E-state index is 11.1. The van der Waals surface area contributed by atoms with Crippen molar-refractivity contribution in [1.29, 1.82) is 0 Å². The van der Waals surface area contributed by atoms with Crippen LogP contribution in [-0.2, 0) is 7.05 Å². The third kappa shape index (κ3) is 2.44. The number of aromatic nitrogens is 2. The molecule has 2 aromatic rings. The van der Waals surface area contributed by atoms with Crippen molar-refractivity contribution in [3.05, 3.63) is 45.8 Å². The second-order valence-corrected chi connectivity index (χ2v) is 4.24. The van der Waals surface area contributed by atoms with Gasteiger partial charge in [0.25, 0.3) is 0 Å². The van der Waals surface area contributed by atoms with Crippen LogP contribution in [0, 0.1) is 17.0 Å². The van der Waals surface area contributed by atoms with Gasteiger partial charge >= 0.3 is 11.8 Å². The summed E-state index contributed by atoms with van der Waals surface area (Å²) >= 11 is 0. The molecule has 2 N–H and O–H groups in total. The molecule has 0 fully saturated rings. The van der Waals surface area contributed by atoms with Gasteiger partial charge in [0.1, 0.15) is 0 Å². The van der Waals surface area contributed by atoms with Crippen molar-refractivity contribution in [3.63, 3.8) is 0 Å². The van der Waals surface area contributed by atoms with E-state index in [-0.39, 0.29) is 17.2 Å². The molecule has 0 unspecified atom stereocenters. The molecule has 1 heterocycles. The van der Waals surface area contributed by atoms with Crippen molar-refractivity contribution in [3.8, 4) is 0 Å². The first-order valence-electron chi connectivity index (χ1n) is 5.67. The lowest BCUT2D eigenvalue weighted by atomic mass is 10.1. The molecule has 1 aromatic heterocycles. The summed E-state index contributed by atoms with van der Waals surface area (Å²) in [6.07, 6.45) is 1.31. The van der Waals surface area contributed by atoms with Crippen LogP contribution in [0.15, 0.2) is 24.5 Å². The number of benzene rings is 1. The molecule has 0 aliphatic carbocycles. The maximum Gasteiger partial charge on any atom is 0.406 e. The van der Waals surface area contributed by atoms with E-state index in [4.69, 9.17) is 5.11 Å². The molecule has 2 rings (SSSR count). The predicted octanol–water partition coefficient (Wildman–Crippen LogP) is 2.08. The highest BCUT2D eigenvalue weighted by Gasteiger charge is 2.20. The monoisotopic (exact) mass is 276 g/mol. The largest absolute Gasteiger partial charge is 0.478 e. The zero-order valence-electron chi connectivity index (χ0n) is 10.8. The number of hydrogen-bond donors (Lipinski definition) is 2. The van der Waals surface area contributed by atoms with Gasteiger partial charge in [0.05, 0.1) is 5.56 Å². The second kappa shape index (κ2) is 5.00. The van der Waals surface area contributed by atoms with E-state index < -0.39 is 10.9 Å². The Morgan fingerprint density at radius 2 is 2.20 bits per heavy atom. The third-order valence-electron chi connectivity index (χ3n) is 2.82. The average Bonchev–Trinajstić information content (AvgIpc) is 2.73. The molecule has 0 saturated carbocycles. The van der Waals surface area contributed by atoms with E-state index in [1.165, 1.54) is 17.0 Å². The van der Waals surface area contributed by atoms with E-state index >= 15 is 0 Å². The fraction of sp³-hybridized carbons (Fsp3) is 0.167. The minimum atomic E-state index is -1.05.